The molecule has 0 bridgehead atoms. The van der Waals surface area contributed by atoms with Crippen molar-refractivity contribution in [2.24, 2.45) is 0 Å². The van der Waals surface area contributed by atoms with E-state index in [-0.39, 0.29) is 11.9 Å². The topological polar surface area (TPSA) is 21.3 Å². The molecule has 0 heterocycles. The minimum absolute atomic E-state index is 0.175. The second-order valence-electron chi connectivity index (χ2n) is 4.54. The van der Waals surface area contributed by atoms with Gasteiger partial charge >= 0.3 is 0 Å². The van der Waals surface area contributed by atoms with Gasteiger partial charge in [0.05, 0.1) is 13.2 Å². The molecule has 21 heavy (non-hydrogen) atoms. The number of ether oxygens (including phenoxy) is 1. The van der Waals surface area contributed by atoms with Gasteiger partial charge in [-0.15, -0.1) is 0 Å². The van der Waals surface area contributed by atoms with E-state index in [9.17, 15) is 4.39 Å². The highest BCUT2D eigenvalue weighted by Gasteiger charge is 2.20. The SMILES string of the molecule is CCNC(c1cc(Cl)ccc1I)c1cc(F)ccc1OC. The summed E-state index contributed by atoms with van der Waals surface area (Å²) in [6.45, 7) is 2.75. The average molecular weight is 420 g/mol. The Bertz CT molecular complexity index is 636. The highest BCUT2D eigenvalue weighted by molar-refractivity contribution is 14.1. The molecule has 2 rings (SSSR count). The van der Waals surface area contributed by atoms with E-state index < -0.39 is 0 Å². The van der Waals surface area contributed by atoms with Gasteiger partial charge in [0.25, 0.3) is 0 Å². The zero-order valence-electron chi connectivity index (χ0n) is 11.8. The van der Waals surface area contributed by atoms with Crippen molar-refractivity contribution in [2.75, 3.05) is 13.7 Å². The molecule has 5 heteroatoms. The van der Waals surface area contributed by atoms with E-state index in [2.05, 4.69) is 27.9 Å². The fourth-order valence-corrected chi connectivity index (χ4v) is 3.09. The summed E-state index contributed by atoms with van der Waals surface area (Å²) in [5.74, 6) is 0.365. The average Bonchev–Trinajstić information content (AvgIpc) is 2.47. The van der Waals surface area contributed by atoms with E-state index in [1.54, 1.807) is 13.2 Å². The van der Waals surface area contributed by atoms with Crippen LogP contribution in [-0.4, -0.2) is 13.7 Å². The molecule has 0 saturated carbocycles. The van der Waals surface area contributed by atoms with Crippen LogP contribution < -0.4 is 10.1 Å². The molecule has 1 atom stereocenters. The Morgan fingerprint density at radius 3 is 2.67 bits per heavy atom. The van der Waals surface area contributed by atoms with Gasteiger partial charge in [-0.2, -0.15) is 0 Å². The number of rotatable bonds is 5. The lowest BCUT2D eigenvalue weighted by Crippen LogP contribution is -2.23. The summed E-state index contributed by atoms with van der Waals surface area (Å²) in [5, 5.41) is 4.03. The summed E-state index contributed by atoms with van der Waals surface area (Å²) in [5.41, 5.74) is 1.77. The first-order valence-corrected chi connectivity index (χ1v) is 8.04. The van der Waals surface area contributed by atoms with Crippen LogP contribution in [0.5, 0.6) is 5.75 Å². The zero-order chi connectivity index (χ0) is 15.4. The third-order valence-corrected chi connectivity index (χ3v) is 4.40. The number of hydrogen-bond acceptors (Lipinski definition) is 2. The summed E-state index contributed by atoms with van der Waals surface area (Å²) in [6.07, 6.45) is 0. The van der Waals surface area contributed by atoms with E-state index in [0.717, 1.165) is 21.2 Å². The van der Waals surface area contributed by atoms with Gasteiger partial charge in [-0.3, -0.25) is 0 Å². The molecule has 0 aromatic heterocycles. The molecule has 2 nitrogen and oxygen atoms in total. The lowest BCUT2D eigenvalue weighted by atomic mass is 9.97. The van der Waals surface area contributed by atoms with Gasteiger partial charge in [0.15, 0.2) is 0 Å². The van der Waals surface area contributed by atoms with E-state index >= 15 is 0 Å². The molecule has 1 unspecified atom stereocenters. The van der Waals surface area contributed by atoms with Crippen molar-refractivity contribution in [2.45, 2.75) is 13.0 Å². The molecule has 0 spiro atoms. The van der Waals surface area contributed by atoms with Crippen LogP contribution in [0.15, 0.2) is 36.4 Å². The molecule has 112 valence electrons. The van der Waals surface area contributed by atoms with Crippen LogP contribution in [0.25, 0.3) is 0 Å². The van der Waals surface area contributed by atoms with Gasteiger partial charge in [-0.1, -0.05) is 18.5 Å². The standard InChI is InChI=1S/C16H16ClFINO/c1-3-20-16(12-8-10(17)4-6-14(12)19)13-9-11(18)5-7-15(13)21-2/h4-9,16,20H,3H2,1-2H3. The van der Waals surface area contributed by atoms with Gasteiger partial charge in [-0.05, 0) is 71.1 Å². The molecule has 0 fully saturated rings. The molecular formula is C16H16ClFINO. The van der Waals surface area contributed by atoms with Gasteiger partial charge in [0.2, 0.25) is 0 Å². The van der Waals surface area contributed by atoms with Crippen molar-refractivity contribution in [1.82, 2.24) is 5.32 Å². The minimum atomic E-state index is -0.286. The summed E-state index contributed by atoms with van der Waals surface area (Å²) in [4.78, 5) is 0. The first-order chi connectivity index (χ1) is 10.1. The summed E-state index contributed by atoms with van der Waals surface area (Å²) in [7, 11) is 1.59. The van der Waals surface area contributed by atoms with E-state index in [4.69, 9.17) is 16.3 Å². The normalized spacial score (nSPS) is 12.2. The third-order valence-electron chi connectivity index (χ3n) is 3.18. The quantitative estimate of drug-likeness (QED) is 0.704. The predicted octanol–water partition coefficient (Wildman–Crippen LogP) is 4.79. The highest BCUT2D eigenvalue weighted by Crippen LogP contribution is 2.34. The number of nitrogens with one attached hydrogen (secondary N) is 1. The van der Waals surface area contributed by atoms with Crippen molar-refractivity contribution in [1.29, 1.82) is 0 Å². The lowest BCUT2D eigenvalue weighted by molar-refractivity contribution is 0.402. The van der Waals surface area contributed by atoms with Gasteiger partial charge < -0.3 is 10.1 Å². The molecule has 0 amide bonds. The third kappa shape index (κ3) is 3.87. The molecule has 2 aromatic rings. The molecule has 2 aromatic carbocycles. The maximum atomic E-state index is 13.7. The lowest BCUT2D eigenvalue weighted by Gasteiger charge is -2.22. The van der Waals surface area contributed by atoms with Crippen molar-refractivity contribution in [3.05, 3.63) is 61.9 Å². The number of hydrogen-bond donors (Lipinski definition) is 1. The molecule has 0 radical (unpaired) electrons. The van der Waals surface area contributed by atoms with Gasteiger partial charge in [-0.25, -0.2) is 4.39 Å². The zero-order valence-corrected chi connectivity index (χ0v) is 14.7. The van der Waals surface area contributed by atoms with Crippen molar-refractivity contribution in [3.8, 4) is 5.75 Å². The fraction of sp³-hybridized carbons (Fsp3) is 0.250. The first kappa shape index (κ1) is 16.5. The van der Waals surface area contributed by atoms with Crippen LogP contribution in [0.3, 0.4) is 0 Å². The van der Waals surface area contributed by atoms with Crippen LogP contribution in [0.2, 0.25) is 5.02 Å². The number of methoxy groups -OCH3 is 1. The Kier molecular flexibility index (Phi) is 5.84. The maximum absolute atomic E-state index is 13.7. The predicted molar refractivity (Wildman–Crippen MR) is 92.6 cm³/mol. The Morgan fingerprint density at radius 2 is 2.00 bits per heavy atom. The molecule has 0 aliphatic rings. The summed E-state index contributed by atoms with van der Waals surface area (Å²) in [6, 6.07) is 10.1. The van der Waals surface area contributed by atoms with Gasteiger partial charge in [0.1, 0.15) is 11.6 Å². The second-order valence-corrected chi connectivity index (χ2v) is 6.14. The number of benzene rings is 2. The van der Waals surface area contributed by atoms with Crippen molar-refractivity contribution in [3.63, 3.8) is 0 Å². The van der Waals surface area contributed by atoms with Crippen molar-refractivity contribution >= 4 is 34.2 Å². The van der Waals surface area contributed by atoms with Crippen LogP contribution >= 0.6 is 34.2 Å². The Balaban J connectivity index is 2.58. The van der Waals surface area contributed by atoms with Crippen molar-refractivity contribution < 1.29 is 9.13 Å². The van der Waals surface area contributed by atoms with Crippen LogP contribution in [0.1, 0.15) is 24.1 Å². The second kappa shape index (κ2) is 7.42. The van der Waals surface area contributed by atoms with E-state index in [0.29, 0.717) is 10.8 Å². The summed E-state index contributed by atoms with van der Waals surface area (Å²) < 4.78 is 20.1. The van der Waals surface area contributed by atoms with Crippen LogP contribution in [0, 0.1) is 9.39 Å². The Labute approximate surface area is 142 Å². The smallest absolute Gasteiger partial charge is 0.124 e. The van der Waals surface area contributed by atoms with E-state index in [1.807, 2.05) is 25.1 Å². The number of halogens is 3. The summed E-state index contributed by atoms with van der Waals surface area (Å²) >= 11 is 8.37. The van der Waals surface area contributed by atoms with Crippen LogP contribution in [-0.2, 0) is 0 Å². The molecule has 0 aliphatic heterocycles. The largest absolute Gasteiger partial charge is 0.496 e. The Morgan fingerprint density at radius 1 is 1.24 bits per heavy atom. The van der Waals surface area contributed by atoms with Gasteiger partial charge in [0, 0.05) is 14.2 Å². The minimum Gasteiger partial charge on any atom is -0.496 e. The maximum Gasteiger partial charge on any atom is 0.124 e. The fourth-order valence-electron chi connectivity index (χ4n) is 2.26. The molecule has 0 aliphatic carbocycles. The molecule has 0 saturated heterocycles. The highest BCUT2D eigenvalue weighted by atomic mass is 127. The van der Waals surface area contributed by atoms with Crippen LogP contribution in [0.4, 0.5) is 4.39 Å². The molecule has 1 N–H and O–H groups in total. The monoisotopic (exact) mass is 419 g/mol. The van der Waals surface area contributed by atoms with E-state index in [1.165, 1.54) is 12.1 Å². The first-order valence-electron chi connectivity index (χ1n) is 6.58. The molecular weight excluding hydrogens is 404 g/mol. The Hall–Kier alpha value is -0.850.